The van der Waals surface area contributed by atoms with Crippen LogP contribution in [0.15, 0.2) is 29.2 Å². The molecule has 0 amide bonds. The second-order valence-electron chi connectivity index (χ2n) is 3.35. The number of thioether (sulfide) groups is 1. The van der Waals surface area contributed by atoms with Gasteiger partial charge in [0, 0.05) is 4.90 Å². The number of carbonyl (C=O) groups is 1. The number of carboxylic acids is 1. The van der Waals surface area contributed by atoms with Gasteiger partial charge in [0.15, 0.2) is 0 Å². The van der Waals surface area contributed by atoms with E-state index in [4.69, 9.17) is 16.7 Å². The fraction of sp³-hybridized carbons (Fsp3) is 0.300. The van der Waals surface area contributed by atoms with Crippen LogP contribution in [0.5, 0.6) is 0 Å². The van der Waals surface area contributed by atoms with Gasteiger partial charge in [0.1, 0.15) is 4.75 Å². The highest BCUT2D eigenvalue weighted by atomic mass is 35.5. The lowest BCUT2D eigenvalue weighted by atomic mass is 10.2. The minimum Gasteiger partial charge on any atom is -0.480 e. The molecule has 1 aromatic rings. The van der Waals surface area contributed by atoms with Gasteiger partial charge < -0.3 is 5.11 Å². The first-order valence-electron chi connectivity index (χ1n) is 4.10. The maximum absolute atomic E-state index is 10.9. The van der Waals surface area contributed by atoms with Crippen LogP contribution >= 0.6 is 23.4 Å². The Labute approximate surface area is 92.3 Å². The van der Waals surface area contributed by atoms with Crippen molar-refractivity contribution in [1.29, 1.82) is 0 Å². The molecule has 1 N–H and O–H groups in total. The molecular weight excluding hydrogens is 220 g/mol. The molecule has 76 valence electrons. The van der Waals surface area contributed by atoms with Crippen molar-refractivity contribution in [3.8, 4) is 0 Å². The molecule has 1 aromatic carbocycles. The van der Waals surface area contributed by atoms with Crippen molar-refractivity contribution in [2.24, 2.45) is 0 Å². The molecular formula is C10H11ClO2S. The van der Waals surface area contributed by atoms with Gasteiger partial charge in [-0.2, -0.15) is 0 Å². The van der Waals surface area contributed by atoms with Crippen LogP contribution in [0, 0.1) is 0 Å². The Morgan fingerprint density at radius 3 is 2.50 bits per heavy atom. The topological polar surface area (TPSA) is 37.3 Å². The number of halogens is 1. The van der Waals surface area contributed by atoms with E-state index in [1.54, 1.807) is 19.9 Å². The van der Waals surface area contributed by atoms with Gasteiger partial charge in [-0.1, -0.05) is 23.7 Å². The van der Waals surface area contributed by atoms with Gasteiger partial charge in [0.05, 0.1) is 5.02 Å². The van der Waals surface area contributed by atoms with Gasteiger partial charge in [0.2, 0.25) is 0 Å². The molecule has 0 atom stereocenters. The van der Waals surface area contributed by atoms with Crippen molar-refractivity contribution < 1.29 is 9.90 Å². The molecule has 14 heavy (non-hydrogen) atoms. The Morgan fingerprint density at radius 1 is 1.43 bits per heavy atom. The zero-order valence-electron chi connectivity index (χ0n) is 7.95. The molecule has 0 radical (unpaired) electrons. The first-order valence-corrected chi connectivity index (χ1v) is 5.30. The third kappa shape index (κ3) is 2.66. The molecule has 0 heterocycles. The summed E-state index contributed by atoms with van der Waals surface area (Å²) >= 11 is 7.17. The molecule has 0 fully saturated rings. The Morgan fingerprint density at radius 2 is 2.00 bits per heavy atom. The summed E-state index contributed by atoms with van der Waals surface area (Å²) < 4.78 is -0.856. The zero-order chi connectivity index (χ0) is 10.8. The summed E-state index contributed by atoms with van der Waals surface area (Å²) in [5.74, 6) is -0.845. The lowest BCUT2D eigenvalue weighted by Gasteiger charge is -2.18. The summed E-state index contributed by atoms with van der Waals surface area (Å²) in [5, 5.41) is 9.52. The van der Waals surface area contributed by atoms with Crippen LogP contribution < -0.4 is 0 Å². The van der Waals surface area contributed by atoms with Crippen LogP contribution in [0.1, 0.15) is 13.8 Å². The van der Waals surface area contributed by atoms with Crippen LogP contribution in [0.3, 0.4) is 0 Å². The summed E-state index contributed by atoms with van der Waals surface area (Å²) in [5.41, 5.74) is 0. The summed E-state index contributed by atoms with van der Waals surface area (Å²) in [4.78, 5) is 11.7. The number of hydrogen-bond donors (Lipinski definition) is 1. The molecule has 0 aliphatic rings. The molecule has 0 aromatic heterocycles. The highest BCUT2D eigenvalue weighted by Gasteiger charge is 2.28. The van der Waals surface area contributed by atoms with Gasteiger partial charge in [-0.05, 0) is 26.0 Å². The van der Waals surface area contributed by atoms with E-state index in [2.05, 4.69) is 0 Å². The van der Waals surface area contributed by atoms with Crippen molar-refractivity contribution in [1.82, 2.24) is 0 Å². The molecule has 0 unspecified atom stereocenters. The monoisotopic (exact) mass is 230 g/mol. The normalized spacial score (nSPS) is 11.4. The fourth-order valence-corrected chi connectivity index (χ4v) is 2.05. The van der Waals surface area contributed by atoms with E-state index in [0.29, 0.717) is 5.02 Å². The quantitative estimate of drug-likeness (QED) is 0.810. The minimum absolute atomic E-state index is 0.590. The average molecular weight is 231 g/mol. The average Bonchev–Trinajstić information content (AvgIpc) is 2.08. The molecule has 0 bridgehead atoms. The highest BCUT2D eigenvalue weighted by molar-refractivity contribution is 8.01. The number of hydrogen-bond acceptors (Lipinski definition) is 2. The second-order valence-corrected chi connectivity index (χ2v) is 5.42. The van der Waals surface area contributed by atoms with Gasteiger partial charge in [-0.3, -0.25) is 4.79 Å². The Hall–Kier alpha value is -0.670. The number of rotatable bonds is 3. The predicted molar refractivity (Wildman–Crippen MR) is 59.0 cm³/mol. The number of aliphatic carboxylic acids is 1. The van der Waals surface area contributed by atoms with Gasteiger partial charge in [0.25, 0.3) is 0 Å². The summed E-state index contributed by atoms with van der Waals surface area (Å²) in [6.07, 6.45) is 0. The molecule has 4 heteroatoms. The largest absolute Gasteiger partial charge is 0.480 e. The SMILES string of the molecule is CC(C)(Sc1ccccc1Cl)C(=O)O. The first kappa shape index (κ1) is 11.4. The van der Waals surface area contributed by atoms with E-state index in [9.17, 15) is 4.79 Å². The standard InChI is InChI=1S/C10H11ClO2S/c1-10(2,9(12)13)14-8-6-4-3-5-7(8)11/h3-6H,1-2H3,(H,12,13). The molecule has 0 aliphatic heterocycles. The fourth-order valence-electron chi connectivity index (χ4n) is 0.846. The van der Waals surface area contributed by atoms with Crippen molar-refractivity contribution in [2.45, 2.75) is 23.5 Å². The van der Waals surface area contributed by atoms with Crippen molar-refractivity contribution in [3.05, 3.63) is 29.3 Å². The van der Waals surface area contributed by atoms with Crippen LogP contribution in [-0.2, 0) is 4.79 Å². The van der Waals surface area contributed by atoms with Gasteiger partial charge in [-0.15, -0.1) is 11.8 Å². The minimum atomic E-state index is -0.856. The maximum atomic E-state index is 10.9. The molecule has 0 spiro atoms. The van der Waals surface area contributed by atoms with Gasteiger partial charge >= 0.3 is 5.97 Å². The number of carboxylic acid groups (broad SMARTS) is 1. The molecule has 0 saturated heterocycles. The smallest absolute Gasteiger partial charge is 0.319 e. The van der Waals surface area contributed by atoms with E-state index in [0.717, 1.165) is 4.90 Å². The van der Waals surface area contributed by atoms with Gasteiger partial charge in [-0.25, -0.2) is 0 Å². The summed E-state index contributed by atoms with van der Waals surface area (Å²) in [7, 11) is 0. The van der Waals surface area contributed by atoms with Crippen molar-refractivity contribution in [2.75, 3.05) is 0 Å². The Bertz CT molecular complexity index is 350. The summed E-state index contributed by atoms with van der Waals surface area (Å²) in [6.45, 7) is 3.31. The first-order chi connectivity index (χ1) is 6.43. The zero-order valence-corrected chi connectivity index (χ0v) is 9.52. The van der Waals surface area contributed by atoms with E-state index in [1.165, 1.54) is 11.8 Å². The predicted octanol–water partition coefficient (Wildman–Crippen LogP) is 3.30. The van der Waals surface area contributed by atoms with E-state index < -0.39 is 10.7 Å². The Kier molecular flexibility index (Phi) is 3.45. The van der Waals surface area contributed by atoms with E-state index in [1.807, 2.05) is 18.2 Å². The maximum Gasteiger partial charge on any atom is 0.319 e. The second kappa shape index (κ2) is 4.24. The molecule has 2 nitrogen and oxygen atoms in total. The lowest BCUT2D eigenvalue weighted by Crippen LogP contribution is -2.26. The highest BCUT2D eigenvalue weighted by Crippen LogP contribution is 2.36. The summed E-state index contributed by atoms with van der Waals surface area (Å²) in [6, 6.07) is 7.23. The van der Waals surface area contributed by atoms with Crippen LogP contribution in [-0.4, -0.2) is 15.8 Å². The van der Waals surface area contributed by atoms with Crippen molar-refractivity contribution >= 4 is 29.3 Å². The lowest BCUT2D eigenvalue weighted by molar-refractivity contribution is -0.138. The van der Waals surface area contributed by atoms with Crippen LogP contribution in [0.4, 0.5) is 0 Å². The molecule has 0 aliphatic carbocycles. The Balaban J connectivity index is 2.89. The molecule has 0 saturated carbocycles. The number of benzene rings is 1. The third-order valence-electron chi connectivity index (χ3n) is 1.72. The van der Waals surface area contributed by atoms with Crippen LogP contribution in [0.25, 0.3) is 0 Å². The molecule has 1 rings (SSSR count). The van der Waals surface area contributed by atoms with Crippen molar-refractivity contribution in [3.63, 3.8) is 0 Å². The third-order valence-corrected chi connectivity index (χ3v) is 3.42. The van der Waals surface area contributed by atoms with E-state index in [-0.39, 0.29) is 0 Å². The van der Waals surface area contributed by atoms with E-state index >= 15 is 0 Å². The van der Waals surface area contributed by atoms with Crippen LogP contribution in [0.2, 0.25) is 5.02 Å².